The van der Waals surface area contributed by atoms with Crippen molar-refractivity contribution in [1.29, 1.82) is 0 Å². The molecule has 0 aliphatic heterocycles. The average molecular weight is 333 g/mol. The summed E-state index contributed by atoms with van der Waals surface area (Å²) >= 11 is 6.85. The van der Waals surface area contributed by atoms with Gasteiger partial charge in [-0.05, 0) is 73.5 Å². The van der Waals surface area contributed by atoms with Crippen LogP contribution >= 0.6 is 11.6 Å². The number of halogens is 1. The third-order valence-corrected chi connectivity index (χ3v) is 6.32. The maximum Gasteiger partial charge on any atom is 0.269 e. The van der Waals surface area contributed by atoms with Crippen LogP contribution in [0.2, 0.25) is 0 Å². The second kappa shape index (κ2) is 5.30. The number of hydrogen-bond acceptors (Lipinski definition) is 3. The van der Waals surface area contributed by atoms with E-state index in [0.717, 1.165) is 30.4 Å². The smallest absolute Gasteiger partial charge is 0.269 e. The molecule has 2 atom stereocenters. The Balaban J connectivity index is 1.45. The first kappa shape index (κ1) is 15.1. The predicted octanol–water partition coefficient (Wildman–Crippen LogP) is 4.59. The standard InChI is InChI=1S/C18H21ClN2O2/c19-18-8-14-5-15(9-18)7-17(6-14,11-18)12-20-10-13-1-3-16(4-2-13)21(22)23/h1-4,10,14-15H,5-9,11-12H2/t14-,15-,17?,18?/m1/s1. The van der Waals surface area contributed by atoms with E-state index in [-0.39, 0.29) is 15.5 Å². The highest BCUT2D eigenvalue weighted by atomic mass is 35.5. The van der Waals surface area contributed by atoms with Crippen molar-refractivity contribution >= 4 is 23.5 Å². The van der Waals surface area contributed by atoms with E-state index in [1.54, 1.807) is 12.1 Å². The number of alkyl halides is 1. The van der Waals surface area contributed by atoms with Crippen LogP contribution in [0.5, 0.6) is 0 Å². The van der Waals surface area contributed by atoms with Crippen molar-refractivity contribution < 1.29 is 4.92 Å². The third kappa shape index (κ3) is 2.89. The first-order chi connectivity index (χ1) is 11.0. The molecule has 4 fully saturated rings. The molecule has 5 rings (SSSR count). The summed E-state index contributed by atoms with van der Waals surface area (Å²) in [5, 5.41) is 10.7. The molecule has 0 heterocycles. The molecule has 1 aromatic carbocycles. The van der Waals surface area contributed by atoms with Gasteiger partial charge in [-0.1, -0.05) is 0 Å². The molecule has 0 N–H and O–H groups in total. The van der Waals surface area contributed by atoms with Gasteiger partial charge < -0.3 is 0 Å². The monoisotopic (exact) mass is 332 g/mol. The van der Waals surface area contributed by atoms with Gasteiger partial charge in [0.1, 0.15) is 0 Å². The Morgan fingerprint density at radius 2 is 1.87 bits per heavy atom. The van der Waals surface area contributed by atoms with Crippen molar-refractivity contribution in [1.82, 2.24) is 0 Å². The number of benzene rings is 1. The lowest BCUT2D eigenvalue weighted by Gasteiger charge is -2.59. The molecule has 1 aromatic rings. The highest BCUT2D eigenvalue weighted by Gasteiger charge is 2.56. The summed E-state index contributed by atoms with van der Waals surface area (Å²) < 4.78 is 0. The van der Waals surface area contributed by atoms with Crippen LogP contribution in [-0.4, -0.2) is 22.6 Å². The van der Waals surface area contributed by atoms with Crippen LogP contribution in [0.3, 0.4) is 0 Å². The molecule has 4 bridgehead atoms. The van der Waals surface area contributed by atoms with Gasteiger partial charge in [0.2, 0.25) is 0 Å². The van der Waals surface area contributed by atoms with Crippen LogP contribution in [0.4, 0.5) is 5.69 Å². The first-order valence-electron chi connectivity index (χ1n) is 8.39. The zero-order valence-electron chi connectivity index (χ0n) is 13.1. The van der Waals surface area contributed by atoms with Gasteiger partial charge in [0.25, 0.3) is 5.69 Å². The SMILES string of the molecule is O=[N+]([O-])c1ccc(C=NCC23C[C@H]4C[C@@H](CC(Cl)(C4)C2)C3)cc1. The van der Waals surface area contributed by atoms with Gasteiger partial charge >= 0.3 is 0 Å². The van der Waals surface area contributed by atoms with Gasteiger partial charge in [0.15, 0.2) is 0 Å². The van der Waals surface area contributed by atoms with E-state index in [1.165, 1.54) is 44.2 Å². The number of aliphatic imine (C=N–C) groups is 1. The lowest BCUT2D eigenvalue weighted by atomic mass is 9.49. The molecule has 0 amide bonds. The van der Waals surface area contributed by atoms with Crippen LogP contribution in [-0.2, 0) is 0 Å². The molecule has 0 saturated heterocycles. The lowest BCUT2D eigenvalue weighted by Crippen LogP contribution is -2.54. The molecule has 0 unspecified atom stereocenters. The van der Waals surface area contributed by atoms with Crippen molar-refractivity contribution in [3.63, 3.8) is 0 Å². The lowest BCUT2D eigenvalue weighted by molar-refractivity contribution is -0.384. The van der Waals surface area contributed by atoms with E-state index in [1.807, 2.05) is 6.21 Å². The predicted molar refractivity (Wildman–Crippen MR) is 91.3 cm³/mol. The average Bonchev–Trinajstić information content (AvgIpc) is 2.45. The molecule has 4 aliphatic rings. The fraction of sp³-hybridized carbons (Fsp3) is 0.611. The Labute approximate surface area is 141 Å². The summed E-state index contributed by atoms with van der Waals surface area (Å²) in [6.45, 7) is 0.839. The highest BCUT2D eigenvalue weighted by Crippen LogP contribution is 2.63. The summed E-state index contributed by atoms with van der Waals surface area (Å²) in [4.78, 5) is 15.0. The molecule has 23 heavy (non-hydrogen) atoms. The molecule has 122 valence electrons. The number of nitro benzene ring substituents is 1. The Morgan fingerprint density at radius 1 is 1.22 bits per heavy atom. The molecule has 4 aliphatic carbocycles. The Morgan fingerprint density at radius 3 is 2.43 bits per heavy atom. The minimum atomic E-state index is -0.379. The summed E-state index contributed by atoms with van der Waals surface area (Å²) in [6.07, 6.45) is 9.25. The van der Waals surface area contributed by atoms with Gasteiger partial charge in [-0.15, -0.1) is 11.6 Å². The van der Waals surface area contributed by atoms with Crippen molar-refractivity contribution in [2.75, 3.05) is 6.54 Å². The Kier molecular flexibility index (Phi) is 3.49. The van der Waals surface area contributed by atoms with E-state index in [0.29, 0.717) is 5.41 Å². The minimum Gasteiger partial charge on any atom is -0.292 e. The maximum absolute atomic E-state index is 10.7. The molecule has 0 radical (unpaired) electrons. The summed E-state index contributed by atoms with van der Waals surface area (Å²) in [5.41, 5.74) is 1.33. The van der Waals surface area contributed by atoms with Crippen LogP contribution in [0.15, 0.2) is 29.3 Å². The number of rotatable bonds is 4. The van der Waals surface area contributed by atoms with Crippen LogP contribution in [0.25, 0.3) is 0 Å². The van der Waals surface area contributed by atoms with Crippen molar-refractivity contribution in [2.24, 2.45) is 22.2 Å². The Hall–Kier alpha value is -1.42. The van der Waals surface area contributed by atoms with Gasteiger partial charge in [-0.3, -0.25) is 15.1 Å². The molecular weight excluding hydrogens is 312 g/mol. The van der Waals surface area contributed by atoms with E-state index < -0.39 is 0 Å². The number of nitro groups is 1. The summed E-state index contributed by atoms with van der Waals surface area (Å²) in [6, 6.07) is 6.56. The molecular formula is C18H21ClN2O2. The van der Waals surface area contributed by atoms with Gasteiger partial charge in [-0.2, -0.15) is 0 Å². The minimum absolute atomic E-state index is 0.0347. The number of nitrogens with zero attached hydrogens (tertiary/aromatic N) is 2. The summed E-state index contributed by atoms with van der Waals surface area (Å²) in [5.74, 6) is 1.59. The van der Waals surface area contributed by atoms with Crippen LogP contribution in [0, 0.1) is 27.4 Å². The topological polar surface area (TPSA) is 55.5 Å². The Bertz CT molecular complexity index is 641. The van der Waals surface area contributed by atoms with E-state index >= 15 is 0 Å². The second-order valence-corrected chi connectivity index (χ2v) is 8.73. The van der Waals surface area contributed by atoms with Crippen molar-refractivity contribution in [3.05, 3.63) is 39.9 Å². The largest absolute Gasteiger partial charge is 0.292 e. The van der Waals surface area contributed by atoms with Gasteiger partial charge in [0, 0.05) is 29.8 Å². The number of non-ortho nitro benzene ring substituents is 1. The quantitative estimate of drug-likeness (QED) is 0.350. The molecule has 4 nitrogen and oxygen atoms in total. The zero-order chi connectivity index (χ0) is 16.1. The van der Waals surface area contributed by atoms with Crippen molar-refractivity contribution in [2.45, 2.75) is 43.4 Å². The van der Waals surface area contributed by atoms with E-state index in [9.17, 15) is 10.1 Å². The fourth-order valence-corrected chi connectivity index (χ4v) is 6.27. The molecule has 4 saturated carbocycles. The molecule has 5 heteroatoms. The van der Waals surface area contributed by atoms with E-state index in [2.05, 4.69) is 4.99 Å². The zero-order valence-corrected chi connectivity index (χ0v) is 13.8. The highest BCUT2D eigenvalue weighted by molar-refractivity contribution is 6.24. The molecule has 0 aromatic heterocycles. The summed E-state index contributed by atoms with van der Waals surface area (Å²) in [7, 11) is 0. The van der Waals surface area contributed by atoms with Crippen molar-refractivity contribution in [3.8, 4) is 0 Å². The van der Waals surface area contributed by atoms with E-state index in [4.69, 9.17) is 11.6 Å². The maximum atomic E-state index is 10.7. The fourth-order valence-electron chi connectivity index (χ4n) is 5.55. The normalized spacial score (nSPS) is 38.3. The molecule has 0 spiro atoms. The van der Waals surface area contributed by atoms with Gasteiger partial charge in [-0.25, -0.2) is 0 Å². The number of hydrogen-bond donors (Lipinski definition) is 0. The van der Waals surface area contributed by atoms with Gasteiger partial charge in [0.05, 0.1) is 4.92 Å². The second-order valence-electron chi connectivity index (χ2n) is 7.93. The van der Waals surface area contributed by atoms with Crippen LogP contribution < -0.4 is 0 Å². The van der Waals surface area contributed by atoms with Crippen LogP contribution in [0.1, 0.15) is 44.1 Å². The first-order valence-corrected chi connectivity index (χ1v) is 8.76. The third-order valence-electron chi connectivity index (χ3n) is 5.88.